The Bertz CT molecular complexity index is 697. The summed E-state index contributed by atoms with van der Waals surface area (Å²) in [6.07, 6.45) is 0. The molecule has 2 nitrogen and oxygen atoms in total. The van der Waals surface area contributed by atoms with Crippen molar-refractivity contribution in [2.45, 2.75) is 30.8 Å². The van der Waals surface area contributed by atoms with Crippen LogP contribution in [0.2, 0.25) is 10.0 Å². The van der Waals surface area contributed by atoms with Gasteiger partial charge in [-0.2, -0.15) is 0 Å². The van der Waals surface area contributed by atoms with Gasteiger partial charge in [-0.15, -0.1) is 0 Å². The van der Waals surface area contributed by atoms with Crippen LogP contribution in [0.25, 0.3) is 0 Å². The van der Waals surface area contributed by atoms with E-state index >= 15 is 0 Å². The topological polar surface area (TPSA) is 34.1 Å². The van der Waals surface area contributed by atoms with Crippen LogP contribution in [0, 0.1) is 0 Å². The van der Waals surface area contributed by atoms with Crippen molar-refractivity contribution in [3.63, 3.8) is 0 Å². The molecule has 0 saturated carbocycles. The second-order valence-corrected chi connectivity index (χ2v) is 9.80. The monoisotopic (exact) mass is 356 g/mol. The van der Waals surface area contributed by atoms with E-state index in [2.05, 4.69) is 0 Å². The van der Waals surface area contributed by atoms with Gasteiger partial charge in [0.2, 0.25) is 0 Å². The molecule has 0 aromatic heterocycles. The zero-order chi connectivity index (χ0) is 16.5. The minimum Gasteiger partial charge on any atom is -0.227 e. The predicted molar refractivity (Wildman–Crippen MR) is 93.4 cm³/mol. The Kier molecular flexibility index (Phi) is 4.90. The highest BCUT2D eigenvalue weighted by Gasteiger charge is 2.38. The van der Waals surface area contributed by atoms with Crippen molar-refractivity contribution in [3.05, 3.63) is 69.7 Å². The summed E-state index contributed by atoms with van der Waals surface area (Å²) in [5.74, 6) is 0. The molecule has 0 radical (unpaired) electrons. The number of hydrogen-bond donors (Lipinski definition) is 0. The average Bonchev–Trinajstić information content (AvgIpc) is 2.42. The fourth-order valence-electron chi connectivity index (χ4n) is 2.18. The second-order valence-electron chi connectivity index (χ2n) is 6.14. The standard InChI is InChI=1S/C17H18Cl2O2S/c1-17(2,3)22(20,21)16(12-4-8-14(18)9-5-12)13-6-10-15(19)11-7-13/h4-11,16H,1-3H3. The highest BCUT2D eigenvalue weighted by Crippen LogP contribution is 2.37. The van der Waals surface area contributed by atoms with Gasteiger partial charge in [0.05, 0.1) is 4.75 Å². The van der Waals surface area contributed by atoms with Gasteiger partial charge in [-0.05, 0) is 56.2 Å². The van der Waals surface area contributed by atoms with Crippen molar-refractivity contribution in [1.82, 2.24) is 0 Å². The highest BCUT2D eigenvalue weighted by molar-refractivity contribution is 7.93. The molecule has 0 bridgehead atoms. The Morgan fingerprint density at radius 1 is 0.773 bits per heavy atom. The van der Waals surface area contributed by atoms with Crippen LogP contribution in [-0.2, 0) is 9.84 Å². The Morgan fingerprint density at radius 3 is 1.36 bits per heavy atom. The molecule has 0 atom stereocenters. The van der Waals surface area contributed by atoms with E-state index in [1.165, 1.54) is 0 Å². The molecule has 2 aromatic rings. The molecule has 0 N–H and O–H groups in total. The molecule has 0 heterocycles. The van der Waals surface area contributed by atoms with Gasteiger partial charge in [0.15, 0.2) is 9.84 Å². The maximum absolute atomic E-state index is 13.1. The number of sulfone groups is 1. The van der Waals surface area contributed by atoms with Gasteiger partial charge < -0.3 is 0 Å². The lowest BCUT2D eigenvalue weighted by Gasteiger charge is -2.27. The molecular weight excluding hydrogens is 339 g/mol. The van der Waals surface area contributed by atoms with Gasteiger partial charge >= 0.3 is 0 Å². The van der Waals surface area contributed by atoms with Crippen LogP contribution in [-0.4, -0.2) is 13.2 Å². The van der Waals surface area contributed by atoms with E-state index in [1.54, 1.807) is 69.3 Å². The van der Waals surface area contributed by atoms with E-state index in [9.17, 15) is 8.42 Å². The summed E-state index contributed by atoms with van der Waals surface area (Å²) in [6, 6.07) is 13.8. The minimum atomic E-state index is -3.46. The Balaban J connectivity index is 2.65. The molecule has 0 aliphatic heterocycles. The maximum Gasteiger partial charge on any atom is 0.166 e. The SMILES string of the molecule is CC(C)(C)S(=O)(=O)C(c1ccc(Cl)cc1)c1ccc(Cl)cc1. The quantitative estimate of drug-likeness (QED) is 0.747. The number of rotatable bonds is 3. The molecule has 0 aliphatic carbocycles. The Hall–Kier alpha value is -1.03. The molecule has 0 fully saturated rings. The molecule has 0 aliphatic rings. The van der Waals surface area contributed by atoms with Crippen molar-refractivity contribution in [2.75, 3.05) is 0 Å². The van der Waals surface area contributed by atoms with E-state index < -0.39 is 19.8 Å². The van der Waals surface area contributed by atoms with Crippen molar-refractivity contribution >= 4 is 33.0 Å². The van der Waals surface area contributed by atoms with Gasteiger partial charge in [-0.3, -0.25) is 0 Å². The first-order valence-corrected chi connectivity index (χ1v) is 9.17. The van der Waals surface area contributed by atoms with E-state index in [1.807, 2.05) is 0 Å². The lowest BCUT2D eigenvalue weighted by molar-refractivity contribution is 0.552. The van der Waals surface area contributed by atoms with Gasteiger partial charge in [0.25, 0.3) is 0 Å². The average molecular weight is 357 g/mol. The normalized spacial score (nSPS) is 12.6. The van der Waals surface area contributed by atoms with Crippen molar-refractivity contribution in [3.8, 4) is 0 Å². The second kappa shape index (κ2) is 6.23. The van der Waals surface area contributed by atoms with Crippen LogP contribution in [0.4, 0.5) is 0 Å². The summed E-state index contributed by atoms with van der Waals surface area (Å²) >= 11 is 11.8. The number of halogens is 2. The minimum absolute atomic E-state index is 0.576. The van der Waals surface area contributed by atoms with Crippen molar-refractivity contribution in [2.24, 2.45) is 0 Å². The van der Waals surface area contributed by atoms with Gasteiger partial charge in [-0.1, -0.05) is 47.5 Å². The number of hydrogen-bond acceptors (Lipinski definition) is 2. The molecule has 118 valence electrons. The zero-order valence-electron chi connectivity index (χ0n) is 12.7. The summed E-state index contributed by atoms with van der Waals surface area (Å²) in [7, 11) is -3.46. The Morgan fingerprint density at radius 2 is 1.09 bits per heavy atom. The molecule has 0 amide bonds. The van der Waals surface area contributed by atoms with Crippen LogP contribution >= 0.6 is 23.2 Å². The predicted octanol–water partition coefficient (Wildman–Crippen LogP) is 5.30. The van der Waals surface area contributed by atoms with Gasteiger partial charge in [0, 0.05) is 10.0 Å². The van der Waals surface area contributed by atoms with Crippen molar-refractivity contribution < 1.29 is 8.42 Å². The molecule has 0 spiro atoms. The summed E-state index contributed by atoms with van der Waals surface area (Å²) in [5, 5.41) is 0.403. The molecule has 0 unspecified atom stereocenters. The van der Waals surface area contributed by atoms with E-state index in [0.29, 0.717) is 21.2 Å². The lowest BCUT2D eigenvalue weighted by atomic mass is 10.0. The van der Waals surface area contributed by atoms with E-state index in [4.69, 9.17) is 23.2 Å². The maximum atomic E-state index is 13.1. The third-order valence-electron chi connectivity index (χ3n) is 3.51. The van der Waals surface area contributed by atoms with Crippen molar-refractivity contribution in [1.29, 1.82) is 0 Å². The van der Waals surface area contributed by atoms with Crippen LogP contribution in [0.1, 0.15) is 37.1 Å². The Labute approximate surface area is 142 Å². The van der Waals surface area contributed by atoms with E-state index in [-0.39, 0.29) is 0 Å². The van der Waals surface area contributed by atoms with Gasteiger partial charge in [-0.25, -0.2) is 8.42 Å². The van der Waals surface area contributed by atoms with Crippen LogP contribution in [0.5, 0.6) is 0 Å². The first kappa shape index (κ1) is 17.3. The first-order valence-electron chi connectivity index (χ1n) is 6.87. The smallest absolute Gasteiger partial charge is 0.166 e. The van der Waals surface area contributed by atoms with Crippen LogP contribution in [0.15, 0.2) is 48.5 Å². The summed E-state index contributed by atoms with van der Waals surface area (Å²) < 4.78 is 25.2. The van der Waals surface area contributed by atoms with E-state index in [0.717, 1.165) is 0 Å². The molecule has 0 saturated heterocycles. The summed E-state index contributed by atoms with van der Waals surface area (Å²) in [4.78, 5) is 0. The summed E-state index contributed by atoms with van der Waals surface area (Å²) in [5.41, 5.74) is 1.39. The van der Waals surface area contributed by atoms with Gasteiger partial charge in [0.1, 0.15) is 5.25 Å². The molecule has 5 heteroatoms. The summed E-state index contributed by atoms with van der Waals surface area (Å²) in [6.45, 7) is 5.13. The molecule has 2 rings (SSSR count). The molecule has 2 aromatic carbocycles. The lowest BCUT2D eigenvalue weighted by Crippen LogP contribution is -2.33. The fourth-order valence-corrected chi connectivity index (χ4v) is 4.17. The largest absolute Gasteiger partial charge is 0.227 e. The molecular formula is C17H18Cl2O2S. The van der Waals surface area contributed by atoms with Crippen LogP contribution in [0.3, 0.4) is 0 Å². The highest BCUT2D eigenvalue weighted by atomic mass is 35.5. The third-order valence-corrected chi connectivity index (χ3v) is 6.89. The first-order chi connectivity index (χ1) is 10.1. The van der Waals surface area contributed by atoms with Crippen LogP contribution < -0.4 is 0 Å². The fraction of sp³-hybridized carbons (Fsp3) is 0.294. The third kappa shape index (κ3) is 3.48. The number of benzene rings is 2. The molecule has 22 heavy (non-hydrogen) atoms. The zero-order valence-corrected chi connectivity index (χ0v) is 15.0.